The summed E-state index contributed by atoms with van der Waals surface area (Å²) in [5.41, 5.74) is 3.78. The second-order valence-electron chi connectivity index (χ2n) is 9.03. The summed E-state index contributed by atoms with van der Waals surface area (Å²) in [5.74, 6) is 0. The van der Waals surface area contributed by atoms with Gasteiger partial charge in [0.15, 0.2) is 0 Å². The molecule has 3 heterocycles. The maximum absolute atomic E-state index is 12.3. The van der Waals surface area contributed by atoms with Crippen molar-refractivity contribution in [3.05, 3.63) is 29.3 Å². The number of hydrogen-bond donors (Lipinski definition) is 1. The number of fused-ring (bicyclic) bond motifs is 3. The molecule has 3 aliphatic rings. The molecule has 2 saturated heterocycles. The summed E-state index contributed by atoms with van der Waals surface area (Å²) in [4.78, 5) is 19.1. The number of rotatable bonds is 1. The highest BCUT2D eigenvalue weighted by atomic mass is 16.6. The van der Waals surface area contributed by atoms with E-state index in [2.05, 4.69) is 40.2 Å². The summed E-state index contributed by atoms with van der Waals surface area (Å²) in [6, 6.07) is 8.03. The van der Waals surface area contributed by atoms with Crippen LogP contribution >= 0.6 is 0 Å². The van der Waals surface area contributed by atoms with E-state index in [1.54, 1.807) is 0 Å². The Morgan fingerprint density at radius 2 is 1.89 bits per heavy atom. The second kappa shape index (κ2) is 6.99. The van der Waals surface area contributed by atoms with Crippen LogP contribution in [0.5, 0.6) is 0 Å². The van der Waals surface area contributed by atoms with Crippen molar-refractivity contribution >= 4 is 11.8 Å². The molecule has 2 atom stereocenters. The van der Waals surface area contributed by atoms with Crippen molar-refractivity contribution in [1.29, 1.82) is 0 Å². The number of piperazine rings is 2. The minimum absolute atomic E-state index is 0.200. The van der Waals surface area contributed by atoms with E-state index >= 15 is 0 Å². The van der Waals surface area contributed by atoms with Crippen molar-refractivity contribution in [2.75, 3.05) is 44.2 Å². The topological polar surface area (TPSA) is 48.1 Å². The lowest BCUT2D eigenvalue weighted by Gasteiger charge is -2.37. The van der Waals surface area contributed by atoms with Crippen LogP contribution in [0.15, 0.2) is 18.2 Å². The average molecular weight is 373 g/mol. The van der Waals surface area contributed by atoms with Crippen LogP contribution in [0.1, 0.15) is 44.9 Å². The first-order chi connectivity index (χ1) is 12.8. The van der Waals surface area contributed by atoms with Gasteiger partial charge in [-0.1, -0.05) is 6.07 Å². The fraction of sp³-hybridized carbons (Fsp3) is 0.667. The van der Waals surface area contributed by atoms with Crippen molar-refractivity contribution in [3.8, 4) is 0 Å². The van der Waals surface area contributed by atoms with Gasteiger partial charge in [0.2, 0.25) is 0 Å². The van der Waals surface area contributed by atoms with E-state index in [9.17, 15) is 4.79 Å². The quantitative estimate of drug-likeness (QED) is 0.821. The lowest BCUT2D eigenvalue weighted by molar-refractivity contribution is 0.0240. The molecule has 1 N–H and O–H groups in total. The number of ether oxygens (including phenoxy) is 1. The predicted octanol–water partition coefficient (Wildman–Crippen LogP) is 2.59. The molecule has 27 heavy (non-hydrogen) atoms. The molecule has 0 bridgehead atoms. The van der Waals surface area contributed by atoms with Gasteiger partial charge in [0.05, 0.1) is 0 Å². The van der Waals surface area contributed by atoms with Gasteiger partial charge in [-0.05, 0) is 51.0 Å². The van der Waals surface area contributed by atoms with Gasteiger partial charge in [0, 0.05) is 63.6 Å². The van der Waals surface area contributed by atoms with Crippen LogP contribution in [0.4, 0.5) is 10.5 Å². The highest BCUT2D eigenvalue weighted by molar-refractivity contribution is 5.68. The van der Waals surface area contributed by atoms with E-state index in [1.807, 2.05) is 25.7 Å². The molecule has 0 spiro atoms. The Balaban J connectivity index is 1.40. The summed E-state index contributed by atoms with van der Waals surface area (Å²) in [5, 5.41) is 3.55. The van der Waals surface area contributed by atoms with Gasteiger partial charge < -0.3 is 19.9 Å². The first-order valence-electron chi connectivity index (χ1n) is 10.1. The molecular formula is C21H32N4O2. The number of amides is 1. The Morgan fingerprint density at radius 1 is 1.15 bits per heavy atom. The zero-order valence-electron chi connectivity index (χ0n) is 17.0. The molecule has 6 heteroatoms. The summed E-state index contributed by atoms with van der Waals surface area (Å²) in [6.45, 7) is 14.3. The molecule has 6 nitrogen and oxygen atoms in total. The third kappa shape index (κ3) is 3.78. The van der Waals surface area contributed by atoms with Crippen LogP contribution in [-0.4, -0.2) is 66.8 Å². The van der Waals surface area contributed by atoms with Gasteiger partial charge in [-0.25, -0.2) is 4.79 Å². The van der Waals surface area contributed by atoms with Crippen molar-refractivity contribution < 1.29 is 9.53 Å². The number of benzene rings is 1. The van der Waals surface area contributed by atoms with Crippen molar-refractivity contribution in [2.45, 2.75) is 51.9 Å². The third-order valence-corrected chi connectivity index (χ3v) is 5.88. The standard InChI is InChI=1S/C21H32N4O2/c1-15-12-22-13-19-18-6-5-17(11-16(18)14-25(15)19)23-7-9-24(10-8-23)20(26)27-21(2,3)4/h5-6,11,15,19,22H,7-10,12-14H2,1-4H3/t15-,19-/m1/s1. The fourth-order valence-corrected chi connectivity index (χ4v) is 4.45. The molecule has 2 fully saturated rings. The lowest BCUT2D eigenvalue weighted by atomic mass is 10.0. The Bertz CT molecular complexity index is 707. The average Bonchev–Trinajstić information content (AvgIpc) is 3.00. The van der Waals surface area contributed by atoms with Gasteiger partial charge >= 0.3 is 6.09 Å². The molecule has 1 aromatic carbocycles. The van der Waals surface area contributed by atoms with Crippen molar-refractivity contribution in [3.63, 3.8) is 0 Å². The number of carbonyl (C=O) groups is 1. The monoisotopic (exact) mass is 372 g/mol. The van der Waals surface area contributed by atoms with Crippen LogP contribution in [0.2, 0.25) is 0 Å². The maximum atomic E-state index is 12.3. The van der Waals surface area contributed by atoms with Gasteiger partial charge in [-0.2, -0.15) is 0 Å². The number of nitrogens with zero attached hydrogens (tertiary/aromatic N) is 3. The SMILES string of the molecule is C[C@@H]1CNC[C@@H]2c3ccc(N4CCN(C(=O)OC(C)(C)C)CC4)cc3CN12. The summed E-state index contributed by atoms with van der Waals surface area (Å²) < 4.78 is 5.50. The number of anilines is 1. The van der Waals surface area contributed by atoms with E-state index in [0.29, 0.717) is 25.2 Å². The molecule has 0 aromatic heterocycles. The first-order valence-corrected chi connectivity index (χ1v) is 10.1. The molecule has 0 aliphatic carbocycles. The summed E-state index contributed by atoms with van der Waals surface area (Å²) in [7, 11) is 0. The number of carbonyl (C=O) groups excluding carboxylic acids is 1. The van der Waals surface area contributed by atoms with Gasteiger partial charge in [-0.15, -0.1) is 0 Å². The summed E-state index contributed by atoms with van der Waals surface area (Å²) >= 11 is 0. The lowest BCUT2D eigenvalue weighted by Crippen LogP contribution is -2.50. The molecule has 4 rings (SSSR count). The summed E-state index contributed by atoms with van der Waals surface area (Å²) in [6.07, 6.45) is -0.200. The number of nitrogens with one attached hydrogen (secondary N) is 1. The highest BCUT2D eigenvalue weighted by Gasteiger charge is 2.36. The fourth-order valence-electron chi connectivity index (χ4n) is 4.45. The van der Waals surface area contributed by atoms with E-state index < -0.39 is 5.60 Å². The van der Waals surface area contributed by atoms with E-state index in [1.165, 1.54) is 16.8 Å². The van der Waals surface area contributed by atoms with Crippen molar-refractivity contribution in [2.24, 2.45) is 0 Å². The van der Waals surface area contributed by atoms with Gasteiger partial charge in [-0.3, -0.25) is 4.90 Å². The van der Waals surface area contributed by atoms with E-state index in [0.717, 1.165) is 32.7 Å². The van der Waals surface area contributed by atoms with Crippen LogP contribution < -0.4 is 10.2 Å². The Hall–Kier alpha value is -1.79. The van der Waals surface area contributed by atoms with Crippen LogP contribution in [0.25, 0.3) is 0 Å². The van der Waals surface area contributed by atoms with E-state index in [4.69, 9.17) is 4.74 Å². The van der Waals surface area contributed by atoms with Gasteiger partial charge in [0.1, 0.15) is 5.60 Å². The highest BCUT2D eigenvalue weighted by Crippen LogP contribution is 2.38. The third-order valence-electron chi connectivity index (χ3n) is 5.88. The van der Waals surface area contributed by atoms with Crippen LogP contribution in [0.3, 0.4) is 0 Å². The Labute approximate surface area is 162 Å². The smallest absolute Gasteiger partial charge is 0.410 e. The molecule has 0 saturated carbocycles. The molecule has 148 valence electrons. The normalized spacial score (nSPS) is 25.9. The second-order valence-corrected chi connectivity index (χ2v) is 9.03. The Morgan fingerprint density at radius 3 is 2.59 bits per heavy atom. The molecule has 1 aromatic rings. The largest absolute Gasteiger partial charge is 0.444 e. The zero-order chi connectivity index (χ0) is 19.2. The number of hydrogen-bond acceptors (Lipinski definition) is 5. The minimum atomic E-state index is -0.438. The minimum Gasteiger partial charge on any atom is -0.444 e. The van der Waals surface area contributed by atoms with Crippen molar-refractivity contribution in [1.82, 2.24) is 15.1 Å². The molecule has 1 amide bonds. The molecule has 0 radical (unpaired) electrons. The van der Waals surface area contributed by atoms with Crippen LogP contribution in [-0.2, 0) is 11.3 Å². The van der Waals surface area contributed by atoms with Crippen LogP contribution in [0, 0.1) is 0 Å². The molecule has 0 unspecified atom stereocenters. The Kier molecular flexibility index (Phi) is 4.80. The zero-order valence-corrected chi connectivity index (χ0v) is 17.0. The van der Waals surface area contributed by atoms with Gasteiger partial charge in [0.25, 0.3) is 0 Å². The first kappa shape index (κ1) is 18.6. The predicted molar refractivity (Wildman–Crippen MR) is 107 cm³/mol. The molecular weight excluding hydrogens is 340 g/mol. The van der Waals surface area contributed by atoms with E-state index in [-0.39, 0.29) is 6.09 Å². The maximum Gasteiger partial charge on any atom is 0.410 e. The molecule has 3 aliphatic heterocycles.